The first kappa shape index (κ1) is 19.5. The second-order valence-electron chi connectivity index (χ2n) is 5.77. The van der Waals surface area contributed by atoms with Crippen LogP contribution in [0.1, 0.15) is 28.9 Å². The first-order valence-corrected chi connectivity index (χ1v) is 8.13. The van der Waals surface area contributed by atoms with Crippen LogP contribution in [0.3, 0.4) is 0 Å². The second kappa shape index (κ2) is 7.41. The van der Waals surface area contributed by atoms with E-state index in [-0.39, 0.29) is 34.7 Å². The molecule has 3 rings (SSSR count). The van der Waals surface area contributed by atoms with Gasteiger partial charge in [0.25, 0.3) is 5.91 Å². The van der Waals surface area contributed by atoms with Crippen molar-refractivity contribution in [3.05, 3.63) is 71.3 Å². The molecule has 0 radical (unpaired) electrons. The van der Waals surface area contributed by atoms with Gasteiger partial charge in [0.2, 0.25) is 0 Å². The van der Waals surface area contributed by atoms with E-state index in [2.05, 4.69) is 14.7 Å². The predicted octanol–water partition coefficient (Wildman–Crippen LogP) is 5.45. The molecule has 2 aromatic carbocycles. The number of rotatable bonds is 4. The number of oxazole rings is 1. The molecule has 0 atom stereocenters. The normalized spacial score (nSPS) is 11.5. The van der Waals surface area contributed by atoms with Crippen molar-refractivity contribution in [3.8, 4) is 11.3 Å². The standard InChI is InChI=1S/C19H13F5N2O2/c1-2-15-16(26-18(28-15)19(22,23)24)11-8-7-10(9-14(11)21)25-17(27)12-5-3-4-6-13(12)20/h3-9H,2H2,1H3,(H,25,27). The molecule has 0 aliphatic rings. The third-order valence-corrected chi connectivity index (χ3v) is 3.86. The van der Waals surface area contributed by atoms with Crippen LogP contribution in [0.2, 0.25) is 0 Å². The average molecular weight is 396 g/mol. The van der Waals surface area contributed by atoms with Gasteiger partial charge in [-0.25, -0.2) is 13.8 Å². The number of carbonyl (C=O) groups excluding carboxylic acids is 1. The number of aromatic nitrogens is 1. The van der Waals surface area contributed by atoms with E-state index in [9.17, 15) is 26.7 Å². The molecule has 0 saturated heterocycles. The molecule has 28 heavy (non-hydrogen) atoms. The Kier molecular flexibility index (Phi) is 5.17. The highest BCUT2D eigenvalue weighted by Gasteiger charge is 2.38. The summed E-state index contributed by atoms with van der Waals surface area (Å²) in [5.74, 6) is -4.03. The highest BCUT2D eigenvalue weighted by atomic mass is 19.4. The molecule has 1 N–H and O–H groups in total. The molecule has 0 unspecified atom stereocenters. The summed E-state index contributed by atoms with van der Waals surface area (Å²) in [4.78, 5) is 15.5. The Hall–Kier alpha value is -3.23. The minimum atomic E-state index is -4.80. The van der Waals surface area contributed by atoms with E-state index in [1.54, 1.807) is 6.92 Å². The van der Waals surface area contributed by atoms with Crippen molar-refractivity contribution in [1.29, 1.82) is 0 Å². The molecule has 0 spiro atoms. The zero-order valence-electron chi connectivity index (χ0n) is 14.4. The third-order valence-electron chi connectivity index (χ3n) is 3.86. The van der Waals surface area contributed by atoms with E-state index in [4.69, 9.17) is 0 Å². The monoisotopic (exact) mass is 396 g/mol. The van der Waals surface area contributed by atoms with E-state index < -0.39 is 29.6 Å². The number of carbonyl (C=O) groups is 1. The quantitative estimate of drug-likeness (QED) is 0.597. The van der Waals surface area contributed by atoms with Crippen molar-refractivity contribution in [3.63, 3.8) is 0 Å². The minimum Gasteiger partial charge on any atom is -0.437 e. The van der Waals surface area contributed by atoms with Gasteiger partial charge in [-0.3, -0.25) is 4.79 Å². The fraction of sp³-hybridized carbons (Fsp3) is 0.158. The molecule has 4 nitrogen and oxygen atoms in total. The number of nitrogens with one attached hydrogen (secondary N) is 1. The Bertz CT molecular complexity index is 1030. The lowest BCUT2D eigenvalue weighted by atomic mass is 10.1. The van der Waals surface area contributed by atoms with Crippen LogP contribution in [-0.2, 0) is 12.6 Å². The maximum absolute atomic E-state index is 14.5. The third kappa shape index (κ3) is 3.88. The fourth-order valence-corrected chi connectivity index (χ4v) is 2.55. The number of hydrogen-bond donors (Lipinski definition) is 1. The lowest BCUT2D eigenvalue weighted by molar-refractivity contribution is -0.157. The van der Waals surface area contributed by atoms with Gasteiger partial charge in [-0.05, 0) is 30.3 Å². The van der Waals surface area contributed by atoms with Gasteiger partial charge in [0.15, 0.2) is 0 Å². The number of halogens is 5. The largest absolute Gasteiger partial charge is 0.468 e. The second-order valence-corrected chi connectivity index (χ2v) is 5.77. The van der Waals surface area contributed by atoms with Crippen LogP contribution in [0, 0.1) is 11.6 Å². The summed E-state index contributed by atoms with van der Waals surface area (Å²) in [6, 6.07) is 8.61. The molecule has 1 amide bonds. The molecule has 1 heterocycles. The molecule has 0 saturated carbocycles. The van der Waals surface area contributed by atoms with Gasteiger partial charge < -0.3 is 9.73 Å². The van der Waals surface area contributed by atoms with Crippen molar-refractivity contribution < 1.29 is 31.2 Å². The number of benzene rings is 2. The lowest BCUT2D eigenvalue weighted by Crippen LogP contribution is -2.13. The van der Waals surface area contributed by atoms with Gasteiger partial charge in [-0.2, -0.15) is 13.2 Å². The zero-order valence-corrected chi connectivity index (χ0v) is 14.4. The molecular formula is C19H13F5N2O2. The molecule has 0 aliphatic heterocycles. The SMILES string of the molecule is CCc1oc(C(F)(F)F)nc1-c1ccc(NC(=O)c2ccccc2F)cc1F. The van der Waals surface area contributed by atoms with E-state index >= 15 is 0 Å². The molecule has 146 valence electrons. The van der Waals surface area contributed by atoms with Gasteiger partial charge in [0, 0.05) is 17.7 Å². The van der Waals surface area contributed by atoms with Crippen LogP contribution in [0.15, 0.2) is 46.9 Å². The maximum atomic E-state index is 14.5. The molecule has 9 heteroatoms. The van der Waals surface area contributed by atoms with E-state index in [0.717, 1.165) is 12.1 Å². The summed E-state index contributed by atoms with van der Waals surface area (Å²) in [6.07, 6.45) is -4.73. The molecule has 3 aromatic rings. The zero-order chi connectivity index (χ0) is 20.5. The number of anilines is 1. The van der Waals surface area contributed by atoms with Crippen LogP contribution >= 0.6 is 0 Å². The molecule has 0 bridgehead atoms. The maximum Gasteiger partial charge on any atom is 0.468 e. The first-order chi connectivity index (χ1) is 13.2. The van der Waals surface area contributed by atoms with E-state index in [1.165, 1.54) is 30.3 Å². The number of hydrogen-bond acceptors (Lipinski definition) is 3. The summed E-state index contributed by atoms with van der Waals surface area (Å²) >= 11 is 0. The average Bonchev–Trinajstić information content (AvgIpc) is 3.06. The van der Waals surface area contributed by atoms with E-state index in [0.29, 0.717) is 0 Å². The van der Waals surface area contributed by atoms with E-state index in [1.807, 2.05) is 0 Å². The Balaban J connectivity index is 1.90. The van der Waals surface area contributed by atoms with Crippen molar-refractivity contribution in [2.75, 3.05) is 5.32 Å². The van der Waals surface area contributed by atoms with Crippen LogP contribution in [0.4, 0.5) is 27.6 Å². The number of aryl methyl sites for hydroxylation is 1. The number of amides is 1. The molecule has 0 fully saturated rings. The Morgan fingerprint density at radius 3 is 2.43 bits per heavy atom. The van der Waals surface area contributed by atoms with Crippen molar-refractivity contribution in [2.24, 2.45) is 0 Å². The van der Waals surface area contributed by atoms with Crippen molar-refractivity contribution in [2.45, 2.75) is 19.5 Å². The summed E-state index contributed by atoms with van der Waals surface area (Å²) < 4.78 is 71.3. The number of alkyl halides is 3. The smallest absolute Gasteiger partial charge is 0.437 e. The Morgan fingerprint density at radius 2 is 1.82 bits per heavy atom. The summed E-state index contributed by atoms with van der Waals surface area (Å²) in [5.41, 5.74) is -0.696. The topological polar surface area (TPSA) is 55.1 Å². The highest BCUT2D eigenvalue weighted by molar-refractivity contribution is 6.04. The highest BCUT2D eigenvalue weighted by Crippen LogP contribution is 2.35. The van der Waals surface area contributed by atoms with Gasteiger partial charge >= 0.3 is 12.1 Å². The molecule has 1 aromatic heterocycles. The van der Waals surface area contributed by atoms with Crippen molar-refractivity contribution >= 4 is 11.6 Å². The van der Waals surface area contributed by atoms with Crippen LogP contribution in [0.25, 0.3) is 11.3 Å². The van der Waals surface area contributed by atoms with Gasteiger partial charge in [-0.1, -0.05) is 19.1 Å². The Labute approximate surface area is 156 Å². The number of nitrogens with zero attached hydrogens (tertiary/aromatic N) is 1. The molecular weight excluding hydrogens is 383 g/mol. The summed E-state index contributed by atoms with van der Waals surface area (Å²) in [5, 5.41) is 2.33. The van der Waals surface area contributed by atoms with Crippen LogP contribution in [-0.4, -0.2) is 10.9 Å². The predicted molar refractivity (Wildman–Crippen MR) is 90.6 cm³/mol. The Morgan fingerprint density at radius 1 is 1.11 bits per heavy atom. The molecule has 0 aliphatic carbocycles. The van der Waals surface area contributed by atoms with Crippen molar-refractivity contribution in [1.82, 2.24) is 4.98 Å². The van der Waals surface area contributed by atoms with Gasteiger partial charge in [0.05, 0.1) is 5.56 Å². The van der Waals surface area contributed by atoms with Gasteiger partial charge in [-0.15, -0.1) is 0 Å². The summed E-state index contributed by atoms with van der Waals surface area (Å²) in [7, 11) is 0. The summed E-state index contributed by atoms with van der Waals surface area (Å²) in [6.45, 7) is 1.55. The van der Waals surface area contributed by atoms with Gasteiger partial charge in [0.1, 0.15) is 23.1 Å². The fourth-order valence-electron chi connectivity index (χ4n) is 2.55. The first-order valence-electron chi connectivity index (χ1n) is 8.13. The van der Waals surface area contributed by atoms with Crippen LogP contribution in [0.5, 0.6) is 0 Å². The van der Waals surface area contributed by atoms with Crippen LogP contribution < -0.4 is 5.32 Å². The minimum absolute atomic E-state index is 0.00657. The lowest BCUT2D eigenvalue weighted by Gasteiger charge is -2.08.